The van der Waals surface area contributed by atoms with Gasteiger partial charge in [-0.15, -0.1) is 0 Å². The first-order valence-corrected chi connectivity index (χ1v) is 10.5. The summed E-state index contributed by atoms with van der Waals surface area (Å²) in [5.74, 6) is -0.637. The van der Waals surface area contributed by atoms with Crippen LogP contribution in [0.2, 0.25) is 0 Å². The van der Waals surface area contributed by atoms with Crippen molar-refractivity contribution >= 4 is 23.5 Å². The number of esters is 1. The van der Waals surface area contributed by atoms with Crippen molar-refractivity contribution in [2.24, 2.45) is 5.92 Å². The molecule has 0 saturated carbocycles. The molecule has 2 aromatic rings. The van der Waals surface area contributed by atoms with E-state index in [0.29, 0.717) is 36.0 Å². The molecule has 8 nitrogen and oxygen atoms in total. The standard InChI is InChI=1S/C24H28N2O6/c1-14(2)21(26-23(28)17-7-5-15(3)6-8-17)24(29)32-16(4)22(27)25-18-9-10-19-20(13-18)31-12-11-30-19/h5-10,13-14,16,21H,11-12H2,1-4H3,(H,25,27)(H,26,28)/t16-,21-/m0/s1. The van der Waals surface area contributed by atoms with Crippen LogP contribution >= 0.6 is 0 Å². The van der Waals surface area contributed by atoms with Crippen molar-refractivity contribution in [1.29, 1.82) is 0 Å². The van der Waals surface area contributed by atoms with Gasteiger partial charge in [0.25, 0.3) is 11.8 Å². The second-order valence-corrected chi connectivity index (χ2v) is 7.99. The van der Waals surface area contributed by atoms with Crippen LogP contribution in [0, 0.1) is 12.8 Å². The first-order chi connectivity index (χ1) is 15.2. The van der Waals surface area contributed by atoms with Gasteiger partial charge < -0.3 is 24.8 Å². The monoisotopic (exact) mass is 440 g/mol. The van der Waals surface area contributed by atoms with Gasteiger partial charge in [0.05, 0.1) is 0 Å². The number of aryl methyl sites for hydroxylation is 1. The van der Waals surface area contributed by atoms with Crippen molar-refractivity contribution < 1.29 is 28.6 Å². The Hall–Kier alpha value is -3.55. The number of ether oxygens (including phenoxy) is 3. The molecule has 1 heterocycles. The van der Waals surface area contributed by atoms with Gasteiger partial charge in [0.2, 0.25) is 0 Å². The summed E-state index contributed by atoms with van der Waals surface area (Å²) in [6.45, 7) is 7.90. The van der Waals surface area contributed by atoms with Crippen LogP contribution in [0.3, 0.4) is 0 Å². The number of fused-ring (bicyclic) bond motifs is 1. The Balaban J connectivity index is 1.59. The van der Waals surface area contributed by atoms with Gasteiger partial charge in [0, 0.05) is 17.3 Å². The molecule has 0 fully saturated rings. The Morgan fingerprint density at radius 2 is 1.59 bits per heavy atom. The lowest BCUT2D eigenvalue weighted by Crippen LogP contribution is -2.47. The van der Waals surface area contributed by atoms with E-state index in [2.05, 4.69) is 10.6 Å². The summed E-state index contributed by atoms with van der Waals surface area (Å²) in [5, 5.41) is 5.40. The minimum atomic E-state index is -1.06. The lowest BCUT2D eigenvalue weighted by molar-refractivity contribution is -0.156. The molecule has 0 radical (unpaired) electrons. The largest absolute Gasteiger partial charge is 0.486 e. The Morgan fingerprint density at radius 3 is 2.25 bits per heavy atom. The van der Waals surface area contributed by atoms with Crippen LogP contribution in [0.15, 0.2) is 42.5 Å². The highest BCUT2D eigenvalue weighted by Crippen LogP contribution is 2.32. The first-order valence-electron chi connectivity index (χ1n) is 10.5. The summed E-state index contributed by atoms with van der Waals surface area (Å²) in [4.78, 5) is 37.8. The molecule has 2 atom stereocenters. The molecule has 1 aliphatic heterocycles. The third kappa shape index (κ3) is 5.78. The Kier molecular flexibility index (Phi) is 7.35. The third-order valence-corrected chi connectivity index (χ3v) is 4.99. The molecule has 2 amide bonds. The maximum Gasteiger partial charge on any atom is 0.329 e. The van der Waals surface area contributed by atoms with Crippen LogP contribution in [0.25, 0.3) is 0 Å². The van der Waals surface area contributed by atoms with Crippen LogP contribution < -0.4 is 20.1 Å². The van der Waals surface area contributed by atoms with Gasteiger partial charge in [-0.05, 0) is 44.0 Å². The van der Waals surface area contributed by atoms with Crippen LogP contribution in [-0.4, -0.2) is 43.1 Å². The number of benzene rings is 2. The Labute approximate surface area is 187 Å². The minimum absolute atomic E-state index is 0.232. The highest BCUT2D eigenvalue weighted by atomic mass is 16.6. The number of hydrogen-bond acceptors (Lipinski definition) is 6. The van der Waals surface area contributed by atoms with Crippen molar-refractivity contribution in [2.75, 3.05) is 18.5 Å². The van der Waals surface area contributed by atoms with Crippen molar-refractivity contribution in [1.82, 2.24) is 5.32 Å². The van der Waals surface area contributed by atoms with E-state index in [1.165, 1.54) is 6.92 Å². The van der Waals surface area contributed by atoms with E-state index >= 15 is 0 Å². The summed E-state index contributed by atoms with van der Waals surface area (Å²) in [5.41, 5.74) is 1.97. The summed E-state index contributed by atoms with van der Waals surface area (Å²) < 4.78 is 16.3. The van der Waals surface area contributed by atoms with Crippen molar-refractivity contribution in [3.05, 3.63) is 53.6 Å². The number of rotatable bonds is 7. The van der Waals surface area contributed by atoms with E-state index < -0.39 is 24.0 Å². The molecule has 3 rings (SSSR count). The molecule has 32 heavy (non-hydrogen) atoms. The Bertz CT molecular complexity index is 986. The maximum absolute atomic E-state index is 12.7. The molecule has 170 valence electrons. The van der Waals surface area contributed by atoms with E-state index in [-0.39, 0.29) is 11.8 Å². The molecule has 0 aromatic heterocycles. The molecule has 0 spiro atoms. The predicted octanol–water partition coefficient (Wildman–Crippen LogP) is 3.09. The summed E-state index contributed by atoms with van der Waals surface area (Å²) in [6.07, 6.45) is -1.06. The summed E-state index contributed by atoms with van der Waals surface area (Å²) in [7, 11) is 0. The number of nitrogens with one attached hydrogen (secondary N) is 2. The number of hydrogen-bond donors (Lipinski definition) is 2. The molecule has 0 bridgehead atoms. The lowest BCUT2D eigenvalue weighted by Gasteiger charge is -2.23. The van der Waals surface area contributed by atoms with Crippen LogP contribution in [0.5, 0.6) is 11.5 Å². The molecule has 0 aliphatic carbocycles. The van der Waals surface area contributed by atoms with Gasteiger partial charge in [0.15, 0.2) is 17.6 Å². The molecule has 2 N–H and O–H groups in total. The lowest BCUT2D eigenvalue weighted by atomic mass is 10.0. The quantitative estimate of drug-likeness (QED) is 0.642. The zero-order valence-corrected chi connectivity index (χ0v) is 18.6. The van der Waals surface area contributed by atoms with Crippen molar-refractivity contribution in [3.8, 4) is 11.5 Å². The topological polar surface area (TPSA) is 103 Å². The second kappa shape index (κ2) is 10.2. The van der Waals surface area contributed by atoms with Crippen LogP contribution in [-0.2, 0) is 14.3 Å². The maximum atomic E-state index is 12.7. The van der Waals surface area contributed by atoms with Gasteiger partial charge in [0.1, 0.15) is 19.3 Å². The smallest absolute Gasteiger partial charge is 0.329 e. The van der Waals surface area contributed by atoms with Crippen LogP contribution in [0.4, 0.5) is 5.69 Å². The number of carbonyl (C=O) groups excluding carboxylic acids is 3. The predicted molar refractivity (Wildman–Crippen MR) is 119 cm³/mol. The highest BCUT2D eigenvalue weighted by Gasteiger charge is 2.29. The van der Waals surface area contributed by atoms with Crippen LogP contribution in [0.1, 0.15) is 36.7 Å². The normalized spacial score (nSPS) is 14.3. The van der Waals surface area contributed by atoms with Gasteiger partial charge in [-0.3, -0.25) is 9.59 Å². The first kappa shape index (κ1) is 23.1. The van der Waals surface area contributed by atoms with E-state index in [0.717, 1.165) is 5.56 Å². The van der Waals surface area contributed by atoms with Gasteiger partial charge in [-0.25, -0.2) is 4.79 Å². The van der Waals surface area contributed by atoms with Gasteiger partial charge in [-0.1, -0.05) is 31.5 Å². The molecule has 8 heteroatoms. The fraction of sp³-hybridized carbons (Fsp3) is 0.375. The van der Waals surface area contributed by atoms with Crippen molar-refractivity contribution in [2.45, 2.75) is 39.8 Å². The Morgan fingerprint density at radius 1 is 0.938 bits per heavy atom. The average molecular weight is 440 g/mol. The highest BCUT2D eigenvalue weighted by molar-refractivity contribution is 5.98. The second-order valence-electron chi connectivity index (χ2n) is 7.99. The molecule has 1 aliphatic rings. The number of amides is 2. The minimum Gasteiger partial charge on any atom is -0.486 e. The SMILES string of the molecule is Cc1ccc(C(=O)N[C@H](C(=O)O[C@@H](C)C(=O)Nc2ccc3c(c2)OCCO3)C(C)C)cc1. The van der Waals surface area contributed by atoms with Crippen molar-refractivity contribution in [3.63, 3.8) is 0 Å². The molecule has 0 saturated heterocycles. The molecule has 0 unspecified atom stereocenters. The molecular weight excluding hydrogens is 412 g/mol. The van der Waals surface area contributed by atoms with E-state index in [1.54, 1.807) is 44.2 Å². The number of anilines is 1. The van der Waals surface area contributed by atoms with E-state index in [9.17, 15) is 14.4 Å². The third-order valence-electron chi connectivity index (χ3n) is 4.99. The fourth-order valence-electron chi connectivity index (χ4n) is 3.09. The molecular formula is C24H28N2O6. The number of carbonyl (C=O) groups is 3. The van der Waals surface area contributed by atoms with E-state index in [4.69, 9.17) is 14.2 Å². The summed E-state index contributed by atoms with van der Waals surface area (Å²) >= 11 is 0. The van der Waals surface area contributed by atoms with Gasteiger partial charge >= 0.3 is 5.97 Å². The fourth-order valence-corrected chi connectivity index (χ4v) is 3.09. The molecule has 2 aromatic carbocycles. The average Bonchev–Trinajstić information content (AvgIpc) is 2.77. The van der Waals surface area contributed by atoms with E-state index in [1.807, 2.05) is 19.1 Å². The summed E-state index contributed by atoms with van der Waals surface area (Å²) in [6, 6.07) is 11.2. The zero-order valence-electron chi connectivity index (χ0n) is 18.6. The van der Waals surface area contributed by atoms with Gasteiger partial charge in [-0.2, -0.15) is 0 Å². The zero-order chi connectivity index (χ0) is 23.3.